The number of aromatic nitrogens is 2. The van der Waals surface area contributed by atoms with Crippen LogP contribution in [-0.2, 0) is 20.1 Å². The minimum absolute atomic E-state index is 0. The molecule has 0 aliphatic carbocycles. The predicted molar refractivity (Wildman–Crippen MR) is 135 cm³/mol. The van der Waals surface area contributed by atoms with Crippen molar-refractivity contribution in [1.29, 1.82) is 0 Å². The van der Waals surface area contributed by atoms with Crippen LogP contribution >= 0.6 is 11.3 Å². The van der Waals surface area contributed by atoms with Crippen LogP contribution in [0.5, 0.6) is 0 Å². The van der Waals surface area contributed by atoms with Crippen molar-refractivity contribution < 1.29 is 25.6 Å². The minimum atomic E-state index is -0.317. The van der Waals surface area contributed by atoms with E-state index in [9.17, 15) is 0 Å². The summed E-state index contributed by atoms with van der Waals surface area (Å²) in [6.07, 6.45) is 1.54. The van der Waals surface area contributed by atoms with Crippen molar-refractivity contribution >= 4 is 31.5 Å². The van der Waals surface area contributed by atoms with Crippen LogP contribution in [0.1, 0.15) is 11.0 Å². The monoisotopic (exact) mass is 625 g/mol. The summed E-state index contributed by atoms with van der Waals surface area (Å²) in [4.78, 5) is 8.35. The van der Waals surface area contributed by atoms with Crippen molar-refractivity contribution in [3.8, 4) is 22.5 Å². The number of nitrogens with zero attached hydrogens (tertiary/aromatic N) is 2. The molecule has 3 heterocycles. The minimum Gasteiger partial charge on any atom is -0.305 e. The first-order valence-electron chi connectivity index (χ1n) is 12.1. The molecule has 0 unspecified atom stereocenters. The molecule has 0 aliphatic heterocycles. The van der Waals surface area contributed by atoms with Crippen molar-refractivity contribution in [2.75, 3.05) is 0 Å². The van der Waals surface area contributed by atoms with Crippen LogP contribution in [0, 0.1) is 19.1 Å². The van der Waals surface area contributed by atoms with Crippen LogP contribution in [0.2, 0.25) is 0 Å². The Morgan fingerprint density at radius 2 is 1.73 bits per heavy atom. The summed E-state index contributed by atoms with van der Waals surface area (Å²) in [6, 6.07) is 29.3. The Labute approximate surface area is 217 Å². The largest absolute Gasteiger partial charge is 0.305 e. The van der Waals surface area contributed by atoms with Crippen LogP contribution < -0.4 is 0 Å². The first-order chi connectivity index (χ1) is 17.4. The quantitative estimate of drug-likeness (QED) is 0.184. The molecular weight excluding hydrogens is 601 g/mol. The molecule has 1 radical (unpaired) electrons. The molecule has 4 heteroatoms. The van der Waals surface area contributed by atoms with Crippen molar-refractivity contribution in [2.45, 2.75) is 6.92 Å². The third-order valence-electron chi connectivity index (χ3n) is 4.94. The number of fused-ring (bicyclic) bond motifs is 3. The molecule has 0 spiro atoms. The number of thiophene rings is 1. The summed E-state index contributed by atoms with van der Waals surface area (Å²) in [5.41, 5.74) is 4.12. The Balaban J connectivity index is 0.000000195. The number of rotatable bonds is 2. The Kier molecular flexibility index (Phi) is 5.89. The third-order valence-corrected chi connectivity index (χ3v) is 6.15. The smallest absolute Gasteiger partial charge is 0.0830 e. The van der Waals surface area contributed by atoms with E-state index < -0.39 is 0 Å². The van der Waals surface area contributed by atoms with Gasteiger partial charge in [-0.15, -0.1) is 59.7 Å². The van der Waals surface area contributed by atoms with E-state index in [1.54, 1.807) is 17.4 Å². The molecule has 0 atom stereocenters. The summed E-state index contributed by atoms with van der Waals surface area (Å²) in [7, 11) is 0. The van der Waals surface area contributed by atoms with Gasteiger partial charge in [0.15, 0.2) is 0 Å². The molecule has 0 fully saturated rings. The molecule has 6 rings (SSSR count). The molecule has 0 N–H and O–H groups in total. The van der Waals surface area contributed by atoms with E-state index in [2.05, 4.69) is 35.1 Å². The molecule has 6 aromatic rings. The molecule has 0 bridgehead atoms. The SMILES string of the molecule is Cc1ccnc(-c2[c-]cccc2)c1.[2H]c1nc(-c2[c-]ccc3c2sc2ccccc23)c([2H])c([2H])c1[2H].[Ir]. The number of benzene rings is 3. The maximum Gasteiger partial charge on any atom is 0.0830 e. The van der Waals surface area contributed by atoms with Gasteiger partial charge in [0.25, 0.3) is 0 Å². The Bertz CT molecular complexity index is 1700. The number of hydrogen-bond acceptors (Lipinski definition) is 3. The van der Waals surface area contributed by atoms with Crippen LogP contribution in [0.4, 0.5) is 0 Å². The zero-order valence-electron chi connectivity index (χ0n) is 21.6. The van der Waals surface area contributed by atoms with Crippen LogP contribution in [0.15, 0.2) is 103 Å². The van der Waals surface area contributed by atoms with Crippen LogP contribution in [0.3, 0.4) is 0 Å². The van der Waals surface area contributed by atoms with E-state index >= 15 is 0 Å². The number of hydrogen-bond donors (Lipinski definition) is 0. The first-order valence-corrected chi connectivity index (χ1v) is 10.9. The topological polar surface area (TPSA) is 25.8 Å². The van der Waals surface area contributed by atoms with E-state index in [1.807, 2.05) is 66.9 Å². The second-order valence-electron chi connectivity index (χ2n) is 7.14. The summed E-state index contributed by atoms with van der Waals surface area (Å²) in [5.74, 6) is 0. The Morgan fingerprint density at radius 3 is 2.58 bits per heavy atom. The molecule has 0 amide bonds. The van der Waals surface area contributed by atoms with E-state index in [0.29, 0.717) is 5.56 Å². The molecular formula is C29H20IrN2S-2. The van der Waals surface area contributed by atoms with Gasteiger partial charge in [-0.1, -0.05) is 47.3 Å². The summed E-state index contributed by atoms with van der Waals surface area (Å²) < 4.78 is 33.4. The predicted octanol–water partition coefficient (Wildman–Crippen LogP) is 7.77. The zero-order valence-corrected chi connectivity index (χ0v) is 20.9. The second kappa shape index (κ2) is 10.6. The van der Waals surface area contributed by atoms with Crippen molar-refractivity contribution in [3.63, 3.8) is 0 Å². The molecule has 3 aromatic heterocycles. The molecule has 2 nitrogen and oxygen atoms in total. The van der Waals surface area contributed by atoms with Crippen LogP contribution in [-0.4, -0.2) is 9.97 Å². The number of pyridine rings is 2. The average molecular weight is 625 g/mol. The fourth-order valence-electron chi connectivity index (χ4n) is 3.45. The number of aryl methyl sites for hydroxylation is 1. The van der Waals surface area contributed by atoms with Gasteiger partial charge in [0.1, 0.15) is 0 Å². The normalized spacial score (nSPS) is 12.0. The Hall–Kier alpha value is -3.17. The molecule has 0 aliphatic rings. The van der Waals surface area contributed by atoms with Crippen molar-refractivity contribution in [3.05, 3.63) is 121 Å². The molecule has 0 saturated carbocycles. The van der Waals surface area contributed by atoms with Gasteiger partial charge in [-0.25, -0.2) is 0 Å². The molecule has 33 heavy (non-hydrogen) atoms. The zero-order chi connectivity index (χ0) is 25.2. The van der Waals surface area contributed by atoms with E-state index in [4.69, 9.17) is 5.48 Å². The second-order valence-corrected chi connectivity index (χ2v) is 8.19. The fourth-order valence-corrected chi connectivity index (χ4v) is 4.65. The van der Waals surface area contributed by atoms with E-state index in [0.717, 1.165) is 31.4 Å². The molecule has 163 valence electrons. The van der Waals surface area contributed by atoms with E-state index in [1.165, 1.54) is 5.56 Å². The van der Waals surface area contributed by atoms with Gasteiger partial charge in [-0.05, 0) is 46.6 Å². The fraction of sp³-hybridized carbons (Fsp3) is 0.0345. The molecule has 0 saturated heterocycles. The third kappa shape index (κ3) is 5.09. The summed E-state index contributed by atoms with van der Waals surface area (Å²) in [5, 5.41) is 2.18. The van der Waals surface area contributed by atoms with Gasteiger partial charge in [0, 0.05) is 37.2 Å². The Morgan fingerprint density at radius 1 is 0.848 bits per heavy atom. The summed E-state index contributed by atoms with van der Waals surface area (Å²) >= 11 is 1.58. The van der Waals surface area contributed by atoms with Crippen molar-refractivity contribution in [1.82, 2.24) is 9.97 Å². The maximum absolute atomic E-state index is 8.11. The molecule has 3 aromatic carbocycles. The van der Waals surface area contributed by atoms with Crippen LogP contribution in [0.25, 0.3) is 42.7 Å². The van der Waals surface area contributed by atoms with Gasteiger partial charge in [-0.2, -0.15) is 11.3 Å². The first kappa shape index (κ1) is 18.3. The standard InChI is InChI=1S/C17H10NS.C12H10N.Ir/c1-2-10-16-12(6-1)13-7-5-8-14(17(13)19-16)15-9-3-4-11-18-15;1-10-7-8-13-12(9-10)11-5-3-2-4-6-11;/h1-7,9-11H;2-5,7-9H,1H3;/q2*-1;/i3D,4D,9D,11D;;. The van der Waals surface area contributed by atoms with Gasteiger partial charge in [0.05, 0.1) is 5.48 Å². The van der Waals surface area contributed by atoms with Gasteiger partial charge in [0.2, 0.25) is 0 Å². The van der Waals surface area contributed by atoms with E-state index in [-0.39, 0.29) is 50.1 Å². The van der Waals surface area contributed by atoms with Crippen molar-refractivity contribution in [2.24, 2.45) is 0 Å². The van der Waals surface area contributed by atoms with Gasteiger partial charge in [-0.3, -0.25) is 0 Å². The van der Waals surface area contributed by atoms with Gasteiger partial charge < -0.3 is 9.97 Å². The van der Waals surface area contributed by atoms with Gasteiger partial charge >= 0.3 is 0 Å². The average Bonchev–Trinajstić information content (AvgIpc) is 3.29. The maximum atomic E-state index is 8.11. The summed E-state index contributed by atoms with van der Waals surface area (Å²) in [6.45, 7) is 2.06.